The predicted octanol–water partition coefficient (Wildman–Crippen LogP) is 3.63. The van der Waals surface area contributed by atoms with Crippen LogP contribution >= 0.6 is 11.6 Å². The Bertz CT molecular complexity index is 839. The van der Waals surface area contributed by atoms with Crippen LogP contribution in [-0.4, -0.2) is 62.1 Å². The molecule has 0 bridgehead atoms. The third-order valence-corrected chi connectivity index (χ3v) is 4.70. The first-order valence-electron chi connectivity index (χ1n) is 9.36. The summed E-state index contributed by atoms with van der Waals surface area (Å²) < 4.78 is 5.49. The number of aromatic nitrogens is 3. The van der Waals surface area contributed by atoms with Gasteiger partial charge >= 0.3 is 6.09 Å². The highest BCUT2D eigenvalue weighted by atomic mass is 35.5. The van der Waals surface area contributed by atoms with Crippen LogP contribution in [0, 0.1) is 0 Å². The van der Waals surface area contributed by atoms with Gasteiger partial charge in [-0.25, -0.2) is 14.8 Å². The fourth-order valence-corrected chi connectivity index (χ4v) is 3.31. The van der Waals surface area contributed by atoms with Gasteiger partial charge < -0.3 is 9.64 Å². The molecule has 3 heterocycles. The summed E-state index contributed by atoms with van der Waals surface area (Å²) in [6.45, 7) is 10.6. The lowest BCUT2D eigenvalue weighted by Gasteiger charge is -2.40. The lowest BCUT2D eigenvalue weighted by atomic mass is 10.1. The lowest BCUT2D eigenvalue weighted by Crippen LogP contribution is -2.54. The van der Waals surface area contributed by atoms with E-state index in [-0.39, 0.29) is 17.4 Å². The molecule has 0 N–H and O–H groups in total. The lowest BCUT2D eigenvalue weighted by molar-refractivity contribution is 0.00460. The Morgan fingerprint density at radius 1 is 1.32 bits per heavy atom. The first-order valence-corrected chi connectivity index (χ1v) is 9.74. The van der Waals surface area contributed by atoms with E-state index in [2.05, 4.69) is 32.8 Å². The minimum atomic E-state index is -0.479. The Balaban J connectivity index is 1.64. The van der Waals surface area contributed by atoms with Crippen LogP contribution < -0.4 is 0 Å². The first-order chi connectivity index (χ1) is 13.2. The number of nitrogens with zero attached hydrogens (tertiary/aromatic N) is 5. The predicted molar refractivity (Wildman–Crippen MR) is 108 cm³/mol. The molecule has 1 amide bonds. The molecule has 0 aromatic carbocycles. The Hall–Kier alpha value is -2.25. The van der Waals surface area contributed by atoms with E-state index in [1.807, 2.05) is 33.0 Å². The molecule has 0 unspecified atom stereocenters. The monoisotopic (exact) mass is 403 g/mol. The highest BCUT2D eigenvalue weighted by Gasteiger charge is 2.29. The summed E-state index contributed by atoms with van der Waals surface area (Å²) in [6, 6.07) is 4.10. The Morgan fingerprint density at radius 3 is 2.79 bits per heavy atom. The van der Waals surface area contributed by atoms with Gasteiger partial charge in [0.05, 0.1) is 5.69 Å². The smallest absolute Gasteiger partial charge is 0.410 e. The van der Waals surface area contributed by atoms with Gasteiger partial charge in [0.2, 0.25) is 5.28 Å². The molecule has 150 valence electrons. The number of amides is 1. The largest absolute Gasteiger partial charge is 0.444 e. The van der Waals surface area contributed by atoms with E-state index >= 15 is 0 Å². The molecular weight excluding hydrogens is 378 g/mol. The quantitative estimate of drug-likeness (QED) is 0.728. The molecule has 2 aromatic heterocycles. The van der Waals surface area contributed by atoms with Gasteiger partial charge in [-0.3, -0.25) is 9.88 Å². The fourth-order valence-electron chi connectivity index (χ4n) is 3.17. The number of carbonyl (C=O) groups excluding carboxylic acids is 1. The van der Waals surface area contributed by atoms with Crippen LogP contribution in [0.25, 0.3) is 11.3 Å². The number of hydrogen-bond donors (Lipinski definition) is 0. The van der Waals surface area contributed by atoms with Gasteiger partial charge in [0.25, 0.3) is 0 Å². The van der Waals surface area contributed by atoms with Crippen LogP contribution in [0.1, 0.15) is 33.3 Å². The van der Waals surface area contributed by atoms with E-state index < -0.39 is 5.60 Å². The Kier molecular flexibility index (Phi) is 6.15. The van der Waals surface area contributed by atoms with Crippen LogP contribution in [0.2, 0.25) is 5.28 Å². The molecule has 1 atom stereocenters. The summed E-state index contributed by atoms with van der Waals surface area (Å²) >= 11 is 5.90. The highest BCUT2D eigenvalue weighted by Crippen LogP contribution is 2.21. The van der Waals surface area contributed by atoms with Crippen LogP contribution in [0.5, 0.6) is 0 Å². The van der Waals surface area contributed by atoms with Crippen molar-refractivity contribution >= 4 is 17.7 Å². The standard InChI is InChI=1S/C20H26ClN5O2/c1-14-12-26(19(27)28-20(2,3)4)8-7-25(14)13-15-9-16(11-22-10-15)17-5-6-23-18(21)24-17/h5-6,9-11,14H,7-8,12-13H2,1-4H3/t14-/m0/s1. The van der Waals surface area contributed by atoms with Crippen molar-refractivity contribution in [2.24, 2.45) is 0 Å². The molecule has 1 aliphatic rings. The van der Waals surface area contributed by atoms with Crippen molar-refractivity contribution in [2.75, 3.05) is 19.6 Å². The van der Waals surface area contributed by atoms with Crippen molar-refractivity contribution in [3.05, 3.63) is 41.6 Å². The van der Waals surface area contributed by atoms with Gasteiger partial charge in [-0.05, 0) is 57.0 Å². The zero-order chi connectivity index (χ0) is 20.3. The number of hydrogen-bond acceptors (Lipinski definition) is 6. The van der Waals surface area contributed by atoms with Gasteiger partial charge in [0.1, 0.15) is 5.60 Å². The average molecular weight is 404 g/mol. The third kappa shape index (κ3) is 5.39. The number of rotatable bonds is 3. The molecule has 0 aliphatic carbocycles. The van der Waals surface area contributed by atoms with E-state index in [4.69, 9.17) is 16.3 Å². The molecule has 0 spiro atoms. The fraction of sp³-hybridized carbons (Fsp3) is 0.500. The molecule has 7 nitrogen and oxygen atoms in total. The zero-order valence-electron chi connectivity index (χ0n) is 16.7. The molecule has 1 fully saturated rings. The zero-order valence-corrected chi connectivity index (χ0v) is 17.5. The van der Waals surface area contributed by atoms with Crippen LogP contribution in [0.3, 0.4) is 0 Å². The van der Waals surface area contributed by atoms with Crippen molar-refractivity contribution in [1.29, 1.82) is 0 Å². The van der Waals surface area contributed by atoms with E-state index in [1.54, 1.807) is 17.3 Å². The number of ether oxygens (including phenoxy) is 1. The van der Waals surface area contributed by atoms with E-state index in [9.17, 15) is 4.79 Å². The number of halogens is 1. The van der Waals surface area contributed by atoms with Crippen LogP contribution in [-0.2, 0) is 11.3 Å². The van der Waals surface area contributed by atoms with Crippen molar-refractivity contribution in [2.45, 2.75) is 45.9 Å². The van der Waals surface area contributed by atoms with E-state index in [0.717, 1.165) is 29.9 Å². The maximum atomic E-state index is 12.3. The molecule has 0 saturated carbocycles. The summed E-state index contributed by atoms with van der Waals surface area (Å²) in [5.74, 6) is 0. The molecule has 2 aromatic rings. The van der Waals surface area contributed by atoms with Gasteiger partial charge in [0, 0.05) is 56.4 Å². The van der Waals surface area contributed by atoms with Crippen molar-refractivity contribution in [3.8, 4) is 11.3 Å². The Morgan fingerprint density at radius 2 is 2.11 bits per heavy atom. The van der Waals surface area contributed by atoms with Crippen LogP contribution in [0.4, 0.5) is 4.79 Å². The second-order valence-electron chi connectivity index (χ2n) is 8.04. The molecule has 3 rings (SSSR count). The molecular formula is C20H26ClN5O2. The van der Waals surface area contributed by atoms with Gasteiger partial charge in [0.15, 0.2) is 0 Å². The SMILES string of the molecule is C[C@H]1CN(C(=O)OC(C)(C)C)CCN1Cc1cncc(-c2ccnc(Cl)n2)c1. The number of carbonyl (C=O) groups is 1. The van der Waals surface area contributed by atoms with Crippen molar-refractivity contribution < 1.29 is 9.53 Å². The first kappa shape index (κ1) is 20.5. The molecule has 0 radical (unpaired) electrons. The molecule has 1 saturated heterocycles. The normalized spacial score (nSPS) is 18.2. The Labute approximate surface area is 170 Å². The van der Waals surface area contributed by atoms with Crippen molar-refractivity contribution in [1.82, 2.24) is 24.8 Å². The molecule has 8 heteroatoms. The second-order valence-corrected chi connectivity index (χ2v) is 8.38. The topological polar surface area (TPSA) is 71.5 Å². The highest BCUT2D eigenvalue weighted by molar-refractivity contribution is 6.28. The van der Waals surface area contributed by atoms with Gasteiger partial charge in [-0.15, -0.1) is 0 Å². The minimum Gasteiger partial charge on any atom is -0.444 e. The van der Waals surface area contributed by atoms with E-state index in [0.29, 0.717) is 13.1 Å². The number of pyridine rings is 1. The summed E-state index contributed by atoms with van der Waals surface area (Å²) in [5, 5.41) is 0.217. The average Bonchev–Trinajstić information content (AvgIpc) is 2.62. The van der Waals surface area contributed by atoms with Gasteiger partial charge in [-0.2, -0.15) is 0 Å². The number of piperazine rings is 1. The maximum absolute atomic E-state index is 12.3. The minimum absolute atomic E-state index is 0.217. The van der Waals surface area contributed by atoms with E-state index in [1.165, 1.54) is 0 Å². The molecule has 28 heavy (non-hydrogen) atoms. The summed E-state index contributed by atoms with van der Waals surface area (Å²) in [7, 11) is 0. The summed E-state index contributed by atoms with van der Waals surface area (Å²) in [5.41, 5.74) is 2.26. The maximum Gasteiger partial charge on any atom is 0.410 e. The van der Waals surface area contributed by atoms with Gasteiger partial charge in [-0.1, -0.05) is 0 Å². The third-order valence-electron chi connectivity index (χ3n) is 4.52. The second kappa shape index (κ2) is 8.41. The van der Waals surface area contributed by atoms with Crippen molar-refractivity contribution in [3.63, 3.8) is 0 Å². The molecule has 1 aliphatic heterocycles. The summed E-state index contributed by atoms with van der Waals surface area (Å²) in [4.78, 5) is 28.9. The summed E-state index contributed by atoms with van der Waals surface area (Å²) in [6.07, 6.45) is 5.02. The van der Waals surface area contributed by atoms with Crippen LogP contribution in [0.15, 0.2) is 30.7 Å².